The van der Waals surface area contributed by atoms with Crippen LogP contribution in [0.3, 0.4) is 0 Å². The molecule has 0 saturated carbocycles. The summed E-state index contributed by atoms with van der Waals surface area (Å²) in [5.74, 6) is 0.734. The molecule has 0 heterocycles. The Kier molecular flexibility index (Phi) is 6.79. The second-order valence-corrected chi connectivity index (χ2v) is 3.93. The van der Waals surface area contributed by atoms with Crippen LogP contribution in [0.4, 0.5) is 18.6 Å². The van der Waals surface area contributed by atoms with Gasteiger partial charge in [-0.2, -0.15) is 0 Å². The Labute approximate surface area is 161 Å². The Morgan fingerprint density at radius 2 is 1.38 bits per heavy atom. The number of hydrogen-bond acceptors (Lipinski definition) is 2. The molecule has 0 radical (unpaired) electrons. The van der Waals surface area contributed by atoms with Crippen molar-refractivity contribution in [2.24, 2.45) is 5.11 Å². The Morgan fingerprint density at radius 3 is 1.81 bits per heavy atom. The van der Waals surface area contributed by atoms with E-state index in [0.717, 1.165) is 12.1 Å². The van der Waals surface area contributed by atoms with Gasteiger partial charge in [-0.25, -0.2) is 0 Å². The topological polar surface area (TPSA) is 58.0 Å². The average Bonchev–Trinajstić information content (AvgIpc) is 2.41. The van der Waals surface area contributed by atoms with Crippen LogP contribution in [0.1, 0.15) is 0 Å². The molecule has 0 aromatic heterocycles. The fraction of sp³-hybridized carbons (Fsp3) is 0. The van der Waals surface area contributed by atoms with Crippen molar-refractivity contribution in [3.63, 3.8) is 0 Å². The molecule has 0 N–H and O–H groups in total. The summed E-state index contributed by atoms with van der Waals surface area (Å²) in [5, 5.41) is 3.40. The first-order valence-electron chi connectivity index (χ1n) is 5.62. The largest absolute Gasteiger partial charge is 1.00 e. The maximum Gasteiger partial charge on any atom is 1.00 e. The van der Waals surface area contributed by atoms with Crippen molar-refractivity contribution in [1.82, 2.24) is 0 Å². The third-order valence-corrected chi connectivity index (χ3v) is 2.49. The normalized spacial score (nSPS) is 10.2. The maximum absolute atomic E-state index is 12.4. The smallest absolute Gasteiger partial charge is 0.457 e. The molecule has 0 bridgehead atoms. The molecule has 0 amide bonds. The number of halogens is 3. The molecule has 0 fully saturated rings. The predicted octanol–water partition coefficient (Wildman–Crippen LogP) is 1.48. The van der Waals surface area contributed by atoms with Crippen molar-refractivity contribution in [2.75, 3.05) is 0 Å². The third kappa shape index (κ3) is 5.39. The Hall–Kier alpha value is -0.959. The van der Waals surface area contributed by atoms with Gasteiger partial charge >= 0.3 is 58.4 Å². The number of benzene rings is 2. The van der Waals surface area contributed by atoms with Crippen molar-refractivity contribution < 1.29 is 69.1 Å². The second kappa shape index (κ2) is 7.88. The first kappa shape index (κ1) is 18.1. The monoisotopic (exact) mass is 317 g/mol. The Morgan fingerprint density at radius 1 is 0.905 bits per heavy atom. The van der Waals surface area contributed by atoms with Crippen LogP contribution >= 0.6 is 0 Å². The molecule has 0 unspecified atom stereocenters. The van der Waals surface area contributed by atoms with Gasteiger partial charge in [-0.05, 0) is 41.9 Å². The SMILES string of the molecule is [K+].[N-]=[N+]=Nc1ccc(Oc2ccc([B-](F)(F)F)cc2)cc1. The zero-order valence-corrected chi connectivity index (χ0v) is 14.2. The number of nitrogens with zero attached hydrogens (tertiary/aromatic N) is 3. The minimum absolute atomic E-state index is 0. The summed E-state index contributed by atoms with van der Waals surface area (Å²) in [4.78, 5) is 2.63. The van der Waals surface area contributed by atoms with E-state index in [1.807, 2.05) is 0 Å². The first-order valence-corrected chi connectivity index (χ1v) is 5.62. The molecule has 0 saturated heterocycles. The van der Waals surface area contributed by atoms with Gasteiger partial charge in [0.15, 0.2) is 0 Å². The van der Waals surface area contributed by atoms with Crippen molar-refractivity contribution in [3.05, 3.63) is 59.0 Å². The fourth-order valence-corrected chi connectivity index (χ4v) is 1.52. The van der Waals surface area contributed by atoms with Crippen LogP contribution in [0, 0.1) is 0 Å². The van der Waals surface area contributed by atoms with Gasteiger partial charge in [0.1, 0.15) is 11.5 Å². The van der Waals surface area contributed by atoms with Crippen LogP contribution in [-0.2, 0) is 0 Å². The molecule has 0 aliphatic rings. The summed E-state index contributed by atoms with van der Waals surface area (Å²) in [6, 6.07) is 10.7. The summed E-state index contributed by atoms with van der Waals surface area (Å²) in [6.45, 7) is -5.00. The van der Waals surface area contributed by atoms with E-state index in [9.17, 15) is 12.9 Å². The van der Waals surface area contributed by atoms with Gasteiger partial charge in [0.2, 0.25) is 0 Å². The zero-order valence-electron chi connectivity index (χ0n) is 11.1. The van der Waals surface area contributed by atoms with Gasteiger partial charge in [0, 0.05) is 10.6 Å². The van der Waals surface area contributed by atoms with E-state index in [-0.39, 0.29) is 51.4 Å². The summed E-state index contributed by atoms with van der Waals surface area (Å²) >= 11 is 0. The molecule has 0 aliphatic carbocycles. The molecule has 9 heteroatoms. The van der Waals surface area contributed by atoms with Crippen LogP contribution in [0.2, 0.25) is 0 Å². The summed E-state index contributed by atoms with van der Waals surface area (Å²) < 4.78 is 42.7. The number of azide groups is 1. The molecule has 2 rings (SSSR count). The van der Waals surface area contributed by atoms with Gasteiger partial charge < -0.3 is 17.7 Å². The van der Waals surface area contributed by atoms with Crippen LogP contribution in [0.15, 0.2) is 53.6 Å². The fourth-order valence-electron chi connectivity index (χ4n) is 1.52. The minimum Gasteiger partial charge on any atom is -0.457 e. The molecule has 0 atom stereocenters. The van der Waals surface area contributed by atoms with Gasteiger partial charge in [-0.15, -0.1) is 5.46 Å². The standard InChI is InChI=1S/C12H8BF3N3O.K/c14-13(15,16)9-1-5-11(6-2-9)20-12-7-3-10(4-8-12)18-19-17;/h1-8H;/q-1;+1. The van der Waals surface area contributed by atoms with Crippen molar-refractivity contribution in [2.45, 2.75) is 0 Å². The Bertz CT molecular complexity index is 640. The summed E-state index contributed by atoms with van der Waals surface area (Å²) in [6.07, 6.45) is 0. The van der Waals surface area contributed by atoms with E-state index in [2.05, 4.69) is 10.0 Å². The van der Waals surface area contributed by atoms with E-state index in [1.54, 1.807) is 24.3 Å². The van der Waals surface area contributed by atoms with E-state index in [4.69, 9.17) is 10.3 Å². The van der Waals surface area contributed by atoms with E-state index in [0.29, 0.717) is 17.2 Å². The van der Waals surface area contributed by atoms with Crippen LogP contribution in [-0.4, -0.2) is 6.98 Å². The Balaban J connectivity index is 0.00000220. The molecular formula is C12H8BF3KN3O. The molecule has 0 spiro atoms. The minimum atomic E-state index is -5.00. The first-order chi connectivity index (χ1) is 9.49. The van der Waals surface area contributed by atoms with Crippen molar-refractivity contribution >= 4 is 18.1 Å². The number of hydrogen-bond donors (Lipinski definition) is 0. The molecule has 4 nitrogen and oxygen atoms in total. The van der Waals surface area contributed by atoms with E-state index in [1.165, 1.54) is 12.1 Å². The van der Waals surface area contributed by atoms with E-state index >= 15 is 0 Å². The van der Waals surface area contributed by atoms with E-state index < -0.39 is 12.4 Å². The maximum atomic E-state index is 12.4. The zero-order chi connectivity index (χ0) is 14.6. The van der Waals surface area contributed by atoms with Gasteiger partial charge in [0.05, 0.1) is 0 Å². The molecule has 21 heavy (non-hydrogen) atoms. The molecule has 2 aromatic carbocycles. The van der Waals surface area contributed by atoms with Gasteiger partial charge in [-0.1, -0.05) is 17.2 Å². The molecular weight excluding hydrogens is 309 g/mol. The van der Waals surface area contributed by atoms with Gasteiger partial charge in [0.25, 0.3) is 0 Å². The number of rotatable bonds is 4. The second-order valence-electron chi connectivity index (χ2n) is 3.93. The third-order valence-electron chi connectivity index (χ3n) is 2.49. The van der Waals surface area contributed by atoms with Crippen molar-refractivity contribution in [3.8, 4) is 11.5 Å². The van der Waals surface area contributed by atoms with Crippen molar-refractivity contribution in [1.29, 1.82) is 0 Å². The van der Waals surface area contributed by atoms with Crippen LogP contribution in [0.25, 0.3) is 10.4 Å². The quantitative estimate of drug-likeness (QED) is 0.365. The predicted molar refractivity (Wildman–Crippen MR) is 70.5 cm³/mol. The van der Waals surface area contributed by atoms with Crippen LogP contribution < -0.4 is 61.6 Å². The summed E-state index contributed by atoms with van der Waals surface area (Å²) in [7, 11) is 0. The molecule has 102 valence electrons. The van der Waals surface area contributed by atoms with Crippen LogP contribution in [0.5, 0.6) is 11.5 Å². The molecule has 2 aromatic rings. The van der Waals surface area contributed by atoms with Gasteiger partial charge in [-0.3, -0.25) is 0 Å². The number of ether oxygens (including phenoxy) is 1. The summed E-state index contributed by atoms with van der Waals surface area (Å²) in [5.41, 5.74) is 8.01. The molecule has 0 aliphatic heterocycles. The average molecular weight is 317 g/mol.